The molecule has 0 unspecified atom stereocenters. The van der Waals surface area contributed by atoms with Gasteiger partial charge in [0, 0.05) is 34.4 Å². The fourth-order valence-corrected chi connectivity index (χ4v) is 5.83. The SMILES string of the molecule is CCOc1ccc(N2C(=O)/C(=C/c3cn(CC(=O)Nc4ccc5c(c4)OCO5)c4ccccc34)SC2=S)cc1. The van der Waals surface area contributed by atoms with Gasteiger partial charge in [0.15, 0.2) is 15.8 Å². The summed E-state index contributed by atoms with van der Waals surface area (Å²) in [6.45, 7) is 2.75. The van der Waals surface area contributed by atoms with Crippen LogP contribution in [0.5, 0.6) is 17.2 Å². The van der Waals surface area contributed by atoms with Crippen molar-refractivity contribution in [2.75, 3.05) is 23.6 Å². The average molecular weight is 558 g/mol. The molecule has 3 heterocycles. The van der Waals surface area contributed by atoms with E-state index in [0.29, 0.717) is 38.7 Å². The number of aromatic nitrogens is 1. The quantitative estimate of drug-likeness (QED) is 0.227. The molecule has 0 aliphatic carbocycles. The van der Waals surface area contributed by atoms with E-state index in [1.165, 1.54) is 16.7 Å². The summed E-state index contributed by atoms with van der Waals surface area (Å²) in [4.78, 5) is 28.3. The van der Waals surface area contributed by atoms with E-state index in [1.807, 2.05) is 72.3 Å². The van der Waals surface area contributed by atoms with Crippen molar-refractivity contribution >= 4 is 68.5 Å². The first kappa shape index (κ1) is 25.0. The summed E-state index contributed by atoms with van der Waals surface area (Å²) in [6.07, 6.45) is 3.72. The number of anilines is 2. The normalized spacial score (nSPS) is 15.4. The monoisotopic (exact) mass is 557 g/mol. The minimum absolute atomic E-state index is 0.0932. The van der Waals surface area contributed by atoms with Gasteiger partial charge in [-0.3, -0.25) is 14.5 Å². The van der Waals surface area contributed by atoms with Crippen molar-refractivity contribution in [3.05, 3.63) is 83.4 Å². The maximum absolute atomic E-state index is 13.4. The Balaban J connectivity index is 1.24. The first-order chi connectivity index (χ1) is 19.0. The zero-order valence-corrected chi connectivity index (χ0v) is 22.5. The number of carbonyl (C=O) groups excluding carboxylic acids is 2. The second kappa shape index (κ2) is 10.5. The Morgan fingerprint density at radius 1 is 1.10 bits per heavy atom. The van der Waals surface area contributed by atoms with Crippen LogP contribution in [0.15, 0.2) is 77.8 Å². The molecular formula is C29H23N3O5S2. The zero-order chi connectivity index (χ0) is 26.9. The Kier molecular flexibility index (Phi) is 6.72. The van der Waals surface area contributed by atoms with Crippen LogP contribution >= 0.6 is 24.0 Å². The third-order valence-corrected chi connectivity index (χ3v) is 7.58. The van der Waals surface area contributed by atoms with Gasteiger partial charge in [-0.05, 0) is 55.5 Å². The highest BCUT2D eigenvalue weighted by Gasteiger charge is 2.33. The molecule has 3 aromatic carbocycles. The lowest BCUT2D eigenvalue weighted by molar-refractivity contribution is -0.116. The lowest BCUT2D eigenvalue weighted by Gasteiger charge is -2.15. The van der Waals surface area contributed by atoms with Crippen LogP contribution in [0, 0.1) is 0 Å². The number of amides is 2. The number of nitrogens with one attached hydrogen (secondary N) is 1. The van der Waals surface area contributed by atoms with Crippen molar-refractivity contribution in [3.8, 4) is 17.2 Å². The van der Waals surface area contributed by atoms with Crippen LogP contribution < -0.4 is 24.4 Å². The second-order valence-electron chi connectivity index (χ2n) is 8.79. The van der Waals surface area contributed by atoms with Crippen LogP contribution in [0.25, 0.3) is 17.0 Å². The summed E-state index contributed by atoms with van der Waals surface area (Å²) in [5.74, 6) is 1.61. The summed E-state index contributed by atoms with van der Waals surface area (Å²) in [5.41, 5.74) is 3.02. The third kappa shape index (κ3) is 4.96. The van der Waals surface area contributed by atoms with Crippen LogP contribution in [0.3, 0.4) is 0 Å². The van der Waals surface area contributed by atoms with E-state index in [9.17, 15) is 9.59 Å². The molecule has 39 heavy (non-hydrogen) atoms. The van der Waals surface area contributed by atoms with Gasteiger partial charge < -0.3 is 24.1 Å². The van der Waals surface area contributed by atoms with Crippen LogP contribution in [-0.2, 0) is 16.1 Å². The first-order valence-corrected chi connectivity index (χ1v) is 13.5. The molecule has 0 saturated carbocycles. The average Bonchev–Trinajstić information content (AvgIpc) is 3.61. The van der Waals surface area contributed by atoms with Crippen LogP contribution in [0.4, 0.5) is 11.4 Å². The molecule has 4 aromatic rings. The highest BCUT2D eigenvalue weighted by Crippen LogP contribution is 2.38. The smallest absolute Gasteiger partial charge is 0.270 e. The second-order valence-corrected chi connectivity index (χ2v) is 10.5. The number of hydrogen-bond acceptors (Lipinski definition) is 7. The fourth-order valence-electron chi connectivity index (χ4n) is 4.54. The summed E-state index contributed by atoms with van der Waals surface area (Å²) < 4.78 is 18.6. The molecule has 2 aliphatic rings. The highest BCUT2D eigenvalue weighted by molar-refractivity contribution is 8.27. The van der Waals surface area contributed by atoms with E-state index in [4.69, 9.17) is 26.4 Å². The van der Waals surface area contributed by atoms with Crippen molar-refractivity contribution < 1.29 is 23.8 Å². The Bertz CT molecular complexity index is 1640. The van der Waals surface area contributed by atoms with E-state index in [-0.39, 0.29) is 25.2 Å². The van der Waals surface area contributed by atoms with Gasteiger partial charge in [-0.1, -0.05) is 42.2 Å². The Morgan fingerprint density at radius 2 is 1.90 bits per heavy atom. The maximum atomic E-state index is 13.4. The minimum atomic E-state index is -0.192. The van der Waals surface area contributed by atoms with Gasteiger partial charge in [0.05, 0.1) is 17.2 Å². The molecule has 0 radical (unpaired) electrons. The molecule has 1 aromatic heterocycles. The molecule has 0 spiro atoms. The van der Waals surface area contributed by atoms with Gasteiger partial charge in [0.25, 0.3) is 5.91 Å². The van der Waals surface area contributed by atoms with Gasteiger partial charge in [0.1, 0.15) is 12.3 Å². The molecule has 2 aliphatic heterocycles. The molecule has 2 amide bonds. The van der Waals surface area contributed by atoms with Crippen molar-refractivity contribution in [2.24, 2.45) is 0 Å². The van der Waals surface area contributed by atoms with Crippen LogP contribution in [-0.4, -0.2) is 34.1 Å². The third-order valence-electron chi connectivity index (χ3n) is 6.28. The number of carbonyl (C=O) groups is 2. The van der Waals surface area contributed by atoms with Crippen LogP contribution in [0.1, 0.15) is 12.5 Å². The number of hydrogen-bond donors (Lipinski definition) is 1. The standard InChI is InChI=1S/C29H23N3O5S2/c1-2-35-21-10-8-20(9-11-21)32-28(34)26(39-29(32)38)13-18-15-31(23-6-4-3-5-22(18)23)16-27(33)30-19-7-12-24-25(14-19)37-17-36-24/h3-15H,2,16-17H2,1H3,(H,30,33)/b26-13-. The molecule has 1 N–H and O–H groups in total. The lowest BCUT2D eigenvalue weighted by atomic mass is 10.1. The fraction of sp³-hybridized carbons (Fsp3) is 0.138. The number of fused-ring (bicyclic) bond motifs is 2. The largest absolute Gasteiger partial charge is 0.494 e. The molecule has 6 rings (SSSR count). The number of nitrogens with zero attached hydrogens (tertiary/aromatic N) is 2. The topological polar surface area (TPSA) is 82.0 Å². The lowest BCUT2D eigenvalue weighted by Crippen LogP contribution is -2.27. The molecule has 1 fully saturated rings. The van der Waals surface area contributed by atoms with Crippen molar-refractivity contribution in [3.63, 3.8) is 0 Å². The molecule has 196 valence electrons. The van der Waals surface area contributed by atoms with E-state index < -0.39 is 0 Å². The number of rotatable bonds is 7. The molecule has 1 saturated heterocycles. The maximum Gasteiger partial charge on any atom is 0.270 e. The van der Waals surface area contributed by atoms with Gasteiger partial charge in [0.2, 0.25) is 12.7 Å². The summed E-state index contributed by atoms with van der Waals surface area (Å²) in [6, 6.07) is 20.4. The molecule has 8 nitrogen and oxygen atoms in total. The van der Waals surface area contributed by atoms with Crippen LogP contribution in [0.2, 0.25) is 0 Å². The van der Waals surface area contributed by atoms with E-state index >= 15 is 0 Å². The number of para-hydroxylation sites is 1. The Hall–Kier alpha value is -4.28. The summed E-state index contributed by atoms with van der Waals surface area (Å²) in [5, 5.41) is 3.84. The molecule has 0 atom stereocenters. The number of ether oxygens (including phenoxy) is 3. The predicted molar refractivity (Wildman–Crippen MR) is 156 cm³/mol. The first-order valence-electron chi connectivity index (χ1n) is 12.3. The Labute approximate surface area is 234 Å². The van der Waals surface area contributed by atoms with Gasteiger partial charge in [-0.2, -0.15) is 0 Å². The van der Waals surface area contributed by atoms with Gasteiger partial charge in [-0.15, -0.1) is 0 Å². The van der Waals surface area contributed by atoms with E-state index in [2.05, 4.69) is 5.32 Å². The van der Waals surface area contributed by atoms with Crippen molar-refractivity contribution in [1.29, 1.82) is 0 Å². The molecule has 0 bridgehead atoms. The van der Waals surface area contributed by atoms with Crippen molar-refractivity contribution in [1.82, 2.24) is 4.57 Å². The number of benzene rings is 3. The Morgan fingerprint density at radius 3 is 2.72 bits per heavy atom. The predicted octanol–water partition coefficient (Wildman–Crippen LogP) is 5.81. The highest BCUT2D eigenvalue weighted by atomic mass is 32.2. The van der Waals surface area contributed by atoms with Gasteiger partial charge in [-0.25, -0.2) is 0 Å². The zero-order valence-electron chi connectivity index (χ0n) is 20.9. The summed E-state index contributed by atoms with van der Waals surface area (Å²) >= 11 is 6.80. The molecule has 10 heteroatoms. The molecular weight excluding hydrogens is 534 g/mol. The van der Waals surface area contributed by atoms with Crippen molar-refractivity contribution in [2.45, 2.75) is 13.5 Å². The number of thioether (sulfide) groups is 1. The van der Waals surface area contributed by atoms with E-state index in [1.54, 1.807) is 18.2 Å². The number of thiocarbonyl (C=S) groups is 1. The van der Waals surface area contributed by atoms with E-state index in [0.717, 1.165) is 22.2 Å². The minimum Gasteiger partial charge on any atom is -0.494 e. The van der Waals surface area contributed by atoms with Gasteiger partial charge >= 0.3 is 0 Å². The summed E-state index contributed by atoms with van der Waals surface area (Å²) in [7, 11) is 0.